The summed E-state index contributed by atoms with van der Waals surface area (Å²) in [5, 5.41) is 12.1. The summed E-state index contributed by atoms with van der Waals surface area (Å²) >= 11 is 0.312. The predicted molar refractivity (Wildman–Crippen MR) is 85.7 cm³/mol. The molecule has 0 amide bonds. The Balaban J connectivity index is 2.03. The lowest BCUT2D eigenvalue weighted by atomic mass is 10.2. The summed E-state index contributed by atoms with van der Waals surface area (Å²) in [5.41, 5.74) is 0.117. The third-order valence-corrected chi connectivity index (χ3v) is 4.51. The van der Waals surface area contributed by atoms with Crippen molar-refractivity contribution >= 4 is 33.5 Å². The highest BCUT2D eigenvalue weighted by atomic mass is 32.1. The zero-order chi connectivity index (χ0) is 18.2. The summed E-state index contributed by atoms with van der Waals surface area (Å²) < 4.78 is 38.5. The lowest BCUT2D eigenvalue weighted by Crippen LogP contribution is -2.12. The van der Waals surface area contributed by atoms with Gasteiger partial charge in [0.2, 0.25) is 5.95 Å². The monoisotopic (exact) mass is 368 g/mol. The van der Waals surface area contributed by atoms with Gasteiger partial charge in [-0.1, -0.05) is 6.07 Å². The largest absolute Gasteiger partial charge is 0.476 e. The Morgan fingerprint density at radius 3 is 2.68 bits per heavy atom. The van der Waals surface area contributed by atoms with E-state index >= 15 is 0 Å². The minimum atomic E-state index is -4.57. The molecule has 130 valence electrons. The minimum absolute atomic E-state index is 0.0690. The molecule has 0 unspecified atom stereocenters. The van der Waals surface area contributed by atoms with Crippen LogP contribution >= 0.6 is 11.3 Å². The minimum Gasteiger partial charge on any atom is -0.476 e. The lowest BCUT2D eigenvalue weighted by Gasteiger charge is -2.13. The molecule has 25 heavy (non-hydrogen) atoms. The number of carboxylic acids is 1. The molecule has 0 bridgehead atoms. The van der Waals surface area contributed by atoms with Crippen molar-refractivity contribution in [2.45, 2.75) is 19.1 Å². The van der Waals surface area contributed by atoms with E-state index in [4.69, 9.17) is 0 Å². The van der Waals surface area contributed by atoms with E-state index in [9.17, 15) is 23.1 Å². The van der Waals surface area contributed by atoms with Crippen molar-refractivity contribution in [3.63, 3.8) is 0 Å². The molecule has 0 saturated carbocycles. The van der Waals surface area contributed by atoms with Gasteiger partial charge in [0.1, 0.15) is 4.88 Å². The number of nitrogens with one attached hydrogen (secondary N) is 1. The van der Waals surface area contributed by atoms with Crippen molar-refractivity contribution in [1.82, 2.24) is 15.0 Å². The second-order valence-electron chi connectivity index (χ2n) is 5.14. The maximum Gasteiger partial charge on any atom is 0.425 e. The van der Waals surface area contributed by atoms with Gasteiger partial charge in [-0.2, -0.15) is 13.2 Å². The Bertz CT molecular complexity index is 928. The highest BCUT2D eigenvalue weighted by molar-refractivity contribution is 7.19. The molecule has 0 aromatic carbocycles. The molecule has 0 aliphatic heterocycles. The van der Waals surface area contributed by atoms with E-state index in [0.29, 0.717) is 17.0 Å². The van der Waals surface area contributed by atoms with Crippen molar-refractivity contribution in [1.29, 1.82) is 0 Å². The summed E-state index contributed by atoms with van der Waals surface area (Å²) in [5.74, 6) is -1.49. The van der Waals surface area contributed by atoms with Crippen LogP contribution in [0.4, 0.5) is 19.1 Å². The number of pyridine rings is 1. The van der Waals surface area contributed by atoms with Crippen molar-refractivity contribution in [3.8, 4) is 0 Å². The molecule has 0 radical (unpaired) electrons. The fraction of sp³-hybridized carbons (Fsp3) is 0.200. The Morgan fingerprint density at radius 2 is 2.08 bits per heavy atom. The van der Waals surface area contributed by atoms with Crippen LogP contribution in [0.5, 0.6) is 0 Å². The molecule has 6 nitrogen and oxygen atoms in total. The first-order valence-corrected chi connectivity index (χ1v) is 7.87. The summed E-state index contributed by atoms with van der Waals surface area (Å²) in [7, 11) is 0. The first-order valence-electron chi connectivity index (χ1n) is 7.05. The van der Waals surface area contributed by atoms with E-state index in [1.807, 2.05) is 0 Å². The standard InChI is InChI=1S/C15H11F3N4O2S/c1-7(8-4-2-3-5-19-8)20-14-21-9-6-10(15(16,17)18)25-12(9)11(22-14)13(23)24/h2-7H,1H3,(H,23,24)(H,20,21,22)/t7-/m0/s1. The Morgan fingerprint density at radius 1 is 1.32 bits per heavy atom. The number of fused-ring (bicyclic) bond motifs is 1. The highest BCUT2D eigenvalue weighted by Crippen LogP contribution is 2.38. The molecular formula is C15H11F3N4O2S. The van der Waals surface area contributed by atoms with E-state index in [1.165, 1.54) is 0 Å². The Labute approximate surface area is 143 Å². The number of hydrogen-bond donors (Lipinski definition) is 2. The van der Waals surface area contributed by atoms with Gasteiger partial charge in [-0.3, -0.25) is 4.98 Å². The van der Waals surface area contributed by atoms with Crippen LogP contribution in [-0.2, 0) is 6.18 Å². The van der Waals surface area contributed by atoms with Crippen LogP contribution in [0.1, 0.15) is 34.0 Å². The van der Waals surface area contributed by atoms with Gasteiger partial charge in [0, 0.05) is 6.20 Å². The van der Waals surface area contributed by atoms with Gasteiger partial charge in [0.25, 0.3) is 0 Å². The van der Waals surface area contributed by atoms with Gasteiger partial charge in [0.05, 0.1) is 22.0 Å². The van der Waals surface area contributed by atoms with Crippen LogP contribution < -0.4 is 5.32 Å². The number of halogens is 3. The molecule has 3 aromatic heterocycles. The molecule has 3 rings (SSSR count). The van der Waals surface area contributed by atoms with Crippen LogP contribution in [0.3, 0.4) is 0 Å². The second-order valence-corrected chi connectivity index (χ2v) is 6.20. The number of alkyl halides is 3. The molecule has 0 aliphatic rings. The van der Waals surface area contributed by atoms with Gasteiger partial charge in [0.15, 0.2) is 5.69 Å². The number of thiophene rings is 1. The molecule has 2 N–H and O–H groups in total. The third kappa shape index (κ3) is 3.53. The molecule has 0 spiro atoms. The van der Waals surface area contributed by atoms with Crippen molar-refractivity contribution in [2.24, 2.45) is 0 Å². The summed E-state index contributed by atoms with van der Waals surface area (Å²) in [6, 6.07) is 5.74. The van der Waals surface area contributed by atoms with Gasteiger partial charge in [-0.15, -0.1) is 11.3 Å². The molecule has 0 saturated heterocycles. The number of carbonyl (C=O) groups is 1. The fourth-order valence-corrected chi connectivity index (χ4v) is 3.12. The molecule has 0 aliphatic carbocycles. The van der Waals surface area contributed by atoms with Crippen LogP contribution in [0.15, 0.2) is 30.5 Å². The number of anilines is 1. The van der Waals surface area contributed by atoms with Gasteiger partial charge >= 0.3 is 12.1 Å². The topological polar surface area (TPSA) is 88.0 Å². The maximum atomic E-state index is 12.9. The summed E-state index contributed by atoms with van der Waals surface area (Å²) in [6.07, 6.45) is -2.98. The normalized spacial score (nSPS) is 13.0. The average molecular weight is 368 g/mol. The SMILES string of the molecule is C[C@H](Nc1nc(C(=O)O)c2sc(C(F)(F)F)cc2n1)c1ccccn1. The molecule has 0 fully saturated rings. The molecule has 3 heterocycles. The van der Waals surface area contributed by atoms with Crippen molar-refractivity contribution in [3.05, 3.63) is 46.7 Å². The zero-order valence-corrected chi connectivity index (χ0v) is 13.5. The van der Waals surface area contributed by atoms with Crippen LogP contribution in [-0.4, -0.2) is 26.0 Å². The van der Waals surface area contributed by atoms with Gasteiger partial charge in [-0.25, -0.2) is 14.8 Å². The zero-order valence-electron chi connectivity index (χ0n) is 12.7. The molecular weight excluding hydrogens is 357 g/mol. The number of hydrogen-bond acceptors (Lipinski definition) is 6. The van der Waals surface area contributed by atoms with Gasteiger partial charge < -0.3 is 10.4 Å². The van der Waals surface area contributed by atoms with Crippen LogP contribution in [0.2, 0.25) is 0 Å². The van der Waals surface area contributed by atoms with E-state index in [1.54, 1.807) is 31.3 Å². The maximum absolute atomic E-state index is 12.9. The Hall–Kier alpha value is -2.75. The number of carboxylic acid groups (broad SMARTS) is 1. The quantitative estimate of drug-likeness (QED) is 0.724. The smallest absolute Gasteiger partial charge is 0.425 e. The van der Waals surface area contributed by atoms with Crippen LogP contribution in [0.25, 0.3) is 10.2 Å². The fourth-order valence-electron chi connectivity index (χ4n) is 2.18. The van der Waals surface area contributed by atoms with Gasteiger partial charge in [-0.05, 0) is 25.1 Å². The lowest BCUT2D eigenvalue weighted by molar-refractivity contribution is -0.134. The molecule has 3 aromatic rings. The molecule has 10 heteroatoms. The Kier molecular flexibility index (Phi) is 4.29. The average Bonchev–Trinajstić information content (AvgIpc) is 2.99. The third-order valence-electron chi connectivity index (χ3n) is 3.33. The number of aromatic nitrogens is 3. The molecule has 1 atom stereocenters. The summed E-state index contributed by atoms with van der Waals surface area (Å²) in [4.78, 5) is 22.5. The van der Waals surface area contributed by atoms with E-state index in [-0.39, 0.29) is 22.2 Å². The first kappa shape index (κ1) is 17.1. The van der Waals surface area contributed by atoms with E-state index in [0.717, 1.165) is 6.07 Å². The number of rotatable bonds is 4. The second kappa shape index (κ2) is 6.28. The summed E-state index contributed by atoms with van der Waals surface area (Å²) in [6.45, 7) is 1.76. The van der Waals surface area contributed by atoms with E-state index in [2.05, 4.69) is 20.3 Å². The highest BCUT2D eigenvalue weighted by Gasteiger charge is 2.34. The predicted octanol–water partition coefficient (Wildman–Crippen LogP) is 3.98. The number of aromatic carboxylic acids is 1. The van der Waals surface area contributed by atoms with Crippen molar-refractivity contribution in [2.75, 3.05) is 5.32 Å². The number of nitrogens with zero attached hydrogens (tertiary/aromatic N) is 3. The van der Waals surface area contributed by atoms with E-state index < -0.39 is 22.7 Å². The van der Waals surface area contributed by atoms with Crippen LogP contribution in [0, 0.1) is 0 Å². The van der Waals surface area contributed by atoms with Crippen molar-refractivity contribution < 1.29 is 23.1 Å². The first-order chi connectivity index (χ1) is 11.8.